The van der Waals surface area contributed by atoms with Crippen molar-refractivity contribution in [1.29, 1.82) is 0 Å². The number of carbonyl (C=O) groups is 1. The van der Waals surface area contributed by atoms with Crippen molar-refractivity contribution in [2.24, 2.45) is 0 Å². The summed E-state index contributed by atoms with van der Waals surface area (Å²) in [6.45, 7) is 6.20. The molecule has 0 radical (unpaired) electrons. The molecule has 0 aliphatic rings. The molecule has 2 N–H and O–H groups in total. The van der Waals surface area contributed by atoms with Gasteiger partial charge in [0, 0.05) is 34.6 Å². The fourth-order valence-electron chi connectivity index (χ4n) is 3.15. The third kappa shape index (κ3) is 3.99. The molecular formula is C21H25N3O3S. The predicted molar refractivity (Wildman–Crippen MR) is 113 cm³/mol. The fraction of sp³-hybridized carbons (Fsp3) is 0.286. The first-order valence-corrected chi connectivity index (χ1v) is 9.79. The number of methoxy groups -OCH3 is 2. The van der Waals surface area contributed by atoms with Crippen LogP contribution in [0.15, 0.2) is 42.7 Å². The number of nitrogens with zero attached hydrogens (tertiary/aromatic N) is 1. The molecule has 0 spiro atoms. The molecule has 0 bridgehead atoms. The first-order chi connectivity index (χ1) is 13.4. The summed E-state index contributed by atoms with van der Waals surface area (Å²) in [5, 5.41) is 7.02. The van der Waals surface area contributed by atoms with Crippen molar-refractivity contribution in [1.82, 2.24) is 9.88 Å². The molecule has 0 aliphatic heterocycles. The number of ether oxygens (including phenoxy) is 2. The molecule has 1 aromatic carbocycles. The number of carbonyl (C=O) groups excluding carboxylic acids is 1. The average molecular weight is 400 g/mol. The Balaban J connectivity index is 1.77. The van der Waals surface area contributed by atoms with Gasteiger partial charge in [0.2, 0.25) is 0 Å². The largest absolute Gasteiger partial charge is 0.493 e. The molecule has 0 saturated heterocycles. The zero-order chi connectivity index (χ0) is 20.3. The van der Waals surface area contributed by atoms with Gasteiger partial charge in [-0.3, -0.25) is 0 Å². The Morgan fingerprint density at radius 1 is 1.11 bits per heavy atom. The van der Waals surface area contributed by atoms with Crippen LogP contribution in [0, 0.1) is 13.8 Å². The molecule has 3 aromatic rings. The summed E-state index contributed by atoms with van der Waals surface area (Å²) in [4.78, 5) is 13.8. The van der Waals surface area contributed by atoms with E-state index in [0.29, 0.717) is 17.2 Å². The zero-order valence-electron chi connectivity index (χ0n) is 16.7. The second kappa shape index (κ2) is 8.39. The van der Waals surface area contributed by atoms with E-state index in [0.717, 1.165) is 10.6 Å². The topological polar surface area (TPSA) is 64.5 Å². The lowest BCUT2D eigenvalue weighted by atomic mass is 10.1. The number of urea groups is 1. The molecule has 148 valence electrons. The third-order valence-electron chi connectivity index (χ3n) is 4.67. The van der Waals surface area contributed by atoms with Crippen LogP contribution >= 0.6 is 11.3 Å². The minimum atomic E-state index is -0.276. The van der Waals surface area contributed by atoms with E-state index in [-0.39, 0.29) is 12.1 Å². The van der Waals surface area contributed by atoms with E-state index in [9.17, 15) is 4.79 Å². The highest BCUT2D eigenvalue weighted by molar-refractivity contribution is 7.14. The maximum atomic E-state index is 12.6. The van der Waals surface area contributed by atoms with E-state index in [1.807, 2.05) is 31.5 Å². The Morgan fingerprint density at radius 3 is 2.43 bits per heavy atom. The molecule has 6 nitrogen and oxygen atoms in total. The Kier molecular flexibility index (Phi) is 5.94. The number of benzene rings is 1. The monoisotopic (exact) mass is 399 g/mol. The Morgan fingerprint density at radius 2 is 1.79 bits per heavy atom. The lowest BCUT2D eigenvalue weighted by Crippen LogP contribution is -2.31. The van der Waals surface area contributed by atoms with Crippen molar-refractivity contribution in [3.05, 3.63) is 58.7 Å². The predicted octanol–water partition coefficient (Wildman–Crippen LogP) is 5.06. The van der Waals surface area contributed by atoms with E-state index in [1.165, 1.54) is 10.4 Å². The highest BCUT2D eigenvalue weighted by Crippen LogP contribution is 2.35. The minimum absolute atomic E-state index is 0.150. The molecule has 28 heavy (non-hydrogen) atoms. The van der Waals surface area contributed by atoms with Gasteiger partial charge in [-0.15, -0.1) is 11.3 Å². The molecule has 0 aliphatic carbocycles. The number of rotatable bonds is 6. The summed E-state index contributed by atoms with van der Waals surface area (Å²) in [5.41, 5.74) is 2.96. The maximum Gasteiger partial charge on any atom is 0.319 e. The van der Waals surface area contributed by atoms with Gasteiger partial charge in [-0.05, 0) is 50.6 Å². The van der Waals surface area contributed by atoms with Gasteiger partial charge in [0.1, 0.15) is 5.00 Å². The van der Waals surface area contributed by atoms with Crippen molar-refractivity contribution < 1.29 is 14.3 Å². The lowest BCUT2D eigenvalue weighted by Gasteiger charge is -2.18. The first kappa shape index (κ1) is 19.8. The molecule has 7 heteroatoms. The number of anilines is 1. The highest BCUT2D eigenvalue weighted by Gasteiger charge is 2.21. The Bertz CT molecular complexity index is 964. The molecule has 2 heterocycles. The maximum absolute atomic E-state index is 12.6. The SMILES string of the molecule is COc1ccc(NC(=O)N[C@H](C)c2c(-n3cccc3)sc(C)c2C)cc1OC. The van der Waals surface area contributed by atoms with Gasteiger partial charge in [0.25, 0.3) is 0 Å². The number of aromatic nitrogens is 1. The first-order valence-electron chi connectivity index (χ1n) is 8.97. The van der Waals surface area contributed by atoms with Gasteiger partial charge in [-0.25, -0.2) is 4.79 Å². The van der Waals surface area contributed by atoms with Gasteiger partial charge < -0.3 is 24.7 Å². The van der Waals surface area contributed by atoms with Crippen LogP contribution in [-0.4, -0.2) is 24.8 Å². The average Bonchev–Trinajstić information content (AvgIpc) is 3.30. The van der Waals surface area contributed by atoms with Gasteiger partial charge in [-0.1, -0.05) is 0 Å². The van der Waals surface area contributed by atoms with Crippen LogP contribution in [0.2, 0.25) is 0 Å². The number of hydrogen-bond acceptors (Lipinski definition) is 4. The van der Waals surface area contributed by atoms with Crippen molar-refractivity contribution in [3.63, 3.8) is 0 Å². The second-order valence-corrected chi connectivity index (χ2v) is 7.69. The van der Waals surface area contributed by atoms with Crippen LogP contribution < -0.4 is 20.1 Å². The Hall–Kier alpha value is -2.93. The van der Waals surface area contributed by atoms with E-state index in [2.05, 4.69) is 29.0 Å². The smallest absolute Gasteiger partial charge is 0.319 e. The standard InChI is InChI=1S/C21H25N3O3S/c1-13-15(3)28-20(24-10-6-7-11-24)19(13)14(2)22-21(25)23-16-8-9-17(26-4)18(12-16)27-5/h6-12,14H,1-5H3,(H2,22,23,25)/t14-/m1/s1. The summed E-state index contributed by atoms with van der Waals surface area (Å²) in [6, 6.07) is 8.83. The van der Waals surface area contributed by atoms with Crippen molar-refractivity contribution in [2.45, 2.75) is 26.8 Å². The van der Waals surface area contributed by atoms with Crippen molar-refractivity contribution >= 4 is 23.1 Å². The molecule has 2 aromatic heterocycles. The van der Waals surface area contributed by atoms with Crippen LogP contribution in [0.5, 0.6) is 11.5 Å². The van der Waals surface area contributed by atoms with E-state index in [1.54, 1.807) is 43.8 Å². The van der Waals surface area contributed by atoms with Crippen LogP contribution in [-0.2, 0) is 0 Å². The molecule has 0 fully saturated rings. The van der Waals surface area contributed by atoms with Crippen LogP contribution in [0.3, 0.4) is 0 Å². The molecule has 3 rings (SSSR count). The number of amides is 2. The molecule has 0 unspecified atom stereocenters. The van der Waals surface area contributed by atoms with E-state index < -0.39 is 0 Å². The van der Waals surface area contributed by atoms with Gasteiger partial charge in [0.15, 0.2) is 11.5 Å². The van der Waals surface area contributed by atoms with Crippen LogP contribution in [0.25, 0.3) is 5.00 Å². The van der Waals surface area contributed by atoms with E-state index in [4.69, 9.17) is 9.47 Å². The molecule has 1 atom stereocenters. The van der Waals surface area contributed by atoms with Crippen molar-refractivity contribution in [3.8, 4) is 16.5 Å². The van der Waals surface area contributed by atoms with Crippen molar-refractivity contribution in [2.75, 3.05) is 19.5 Å². The summed E-state index contributed by atoms with van der Waals surface area (Å²) < 4.78 is 12.6. The fourth-order valence-corrected chi connectivity index (χ4v) is 4.37. The summed E-state index contributed by atoms with van der Waals surface area (Å²) in [5.74, 6) is 1.18. The number of hydrogen-bond donors (Lipinski definition) is 2. The Labute approximate surface area is 169 Å². The van der Waals surface area contributed by atoms with E-state index >= 15 is 0 Å². The number of nitrogens with one attached hydrogen (secondary N) is 2. The van der Waals surface area contributed by atoms with Gasteiger partial charge in [-0.2, -0.15) is 0 Å². The van der Waals surface area contributed by atoms with Gasteiger partial charge in [0.05, 0.1) is 20.3 Å². The van der Waals surface area contributed by atoms with Crippen LogP contribution in [0.1, 0.15) is 29.0 Å². The number of thiophene rings is 1. The summed E-state index contributed by atoms with van der Waals surface area (Å²) in [6.07, 6.45) is 4.04. The molecule has 2 amide bonds. The summed E-state index contributed by atoms with van der Waals surface area (Å²) >= 11 is 1.73. The minimum Gasteiger partial charge on any atom is -0.493 e. The number of aryl methyl sites for hydroxylation is 1. The van der Waals surface area contributed by atoms with Crippen LogP contribution in [0.4, 0.5) is 10.5 Å². The van der Waals surface area contributed by atoms with Gasteiger partial charge >= 0.3 is 6.03 Å². The summed E-state index contributed by atoms with van der Waals surface area (Å²) in [7, 11) is 3.14. The third-order valence-corrected chi connectivity index (χ3v) is 5.91. The molecular weight excluding hydrogens is 374 g/mol. The molecule has 0 saturated carbocycles. The highest BCUT2D eigenvalue weighted by atomic mass is 32.1. The zero-order valence-corrected chi connectivity index (χ0v) is 17.5. The second-order valence-electron chi connectivity index (χ2n) is 6.48. The lowest BCUT2D eigenvalue weighted by molar-refractivity contribution is 0.249. The normalized spacial score (nSPS) is 11.8. The quantitative estimate of drug-likeness (QED) is 0.609.